The highest BCUT2D eigenvalue weighted by atomic mass is 19.1. The third-order valence-electron chi connectivity index (χ3n) is 4.03. The zero-order valence-electron chi connectivity index (χ0n) is 13.2. The van der Waals surface area contributed by atoms with Crippen LogP contribution in [-0.4, -0.2) is 40.0 Å². The molecule has 0 aliphatic carbocycles. The highest BCUT2D eigenvalue weighted by molar-refractivity contribution is 5.94. The standard InChI is InChI=1S/C17H20FN3O3/c18-12-4-6-13(7-5-12)21-11-15(22)16(20-21)17(23)19-9-8-14-3-1-2-10-24-14/h4-7,11,14,22H,1-3,8-10H2,(H,19,23). The molecule has 128 valence electrons. The summed E-state index contributed by atoms with van der Waals surface area (Å²) in [4.78, 5) is 12.2. The van der Waals surface area contributed by atoms with Gasteiger partial charge in [0.2, 0.25) is 0 Å². The molecule has 1 aromatic heterocycles. The van der Waals surface area contributed by atoms with Crippen LogP contribution in [0, 0.1) is 5.82 Å². The van der Waals surface area contributed by atoms with E-state index in [0.717, 1.165) is 32.3 Å². The van der Waals surface area contributed by atoms with Crippen molar-refractivity contribution in [3.8, 4) is 11.4 Å². The molecule has 1 aliphatic rings. The minimum absolute atomic E-state index is 0.0520. The van der Waals surface area contributed by atoms with Crippen LogP contribution in [0.5, 0.6) is 5.75 Å². The number of hydrogen-bond acceptors (Lipinski definition) is 4. The first-order chi connectivity index (χ1) is 11.6. The van der Waals surface area contributed by atoms with Gasteiger partial charge in [0.25, 0.3) is 5.91 Å². The van der Waals surface area contributed by atoms with Crippen molar-refractivity contribution in [2.45, 2.75) is 31.8 Å². The smallest absolute Gasteiger partial charge is 0.275 e. The summed E-state index contributed by atoms with van der Waals surface area (Å²) in [6, 6.07) is 5.61. The van der Waals surface area contributed by atoms with E-state index < -0.39 is 5.91 Å². The van der Waals surface area contributed by atoms with Crippen molar-refractivity contribution in [3.05, 3.63) is 42.0 Å². The van der Waals surface area contributed by atoms with Crippen LogP contribution in [0.2, 0.25) is 0 Å². The predicted octanol–water partition coefficient (Wildman–Crippen LogP) is 2.41. The monoisotopic (exact) mass is 333 g/mol. The highest BCUT2D eigenvalue weighted by Gasteiger charge is 2.18. The molecule has 0 spiro atoms. The van der Waals surface area contributed by atoms with Gasteiger partial charge in [-0.2, -0.15) is 5.10 Å². The van der Waals surface area contributed by atoms with Crippen LogP contribution >= 0.6 is 0 Å². The number of aromatic nitrogens is 2. The Bertz CT molecular complexity index is 694. The number of aromatic hydroxyl groups is 1. The topological polar surface area (TPSA) is 76.4 Å². The van der Waals surface area contributed by atoms with E-state index in [-0.39, 0.29) is 23.4 Å². The van der Waals surface area contributed by atoms with Crippen LogP contribution < -0.4 is 5.32 Å². The molecule has 2 N–H and O–H groups in total. The lowest BCUT2D eigenvalue weighted by Crippen LogP contribution is -2.29. The number of carbonyl (C=O) groups excluding carboxylic acids is 1. The molecular weight excluding hydrogens is 313 g/mol. The molecule has 0 saturated carbocycles. The van der Waals surface area contributed by atoms with Crippen molar-refractivity contribution >= 4 is 5.91 Å². The van der Waals surface area contributed by atoms with Gasteiger partial charge in [0.15, 0.2) is 11.4 Å². The summed E-state index contributed by atoms with van der Waals surface area (Å²) in [5.74, 6) is -1.02. The fraction of sp³-hybridized carbons (Fsp3) is 0.412. The molecule has 1 saturated heterocycles. The number of ether oxygens (including phenoxy) is 1. The number of halogens is 1. The number of rotatable bonds is 5. The summed E-state index contributed by atoms with van der Waals surface area (Å²) in [6.07, 6.45) is 5.51. The number of amides is 1. The van der Waals surface area contributed by atoms with Gasteiger partial charge in [-0.25, -0.2) is 9.07 Å². The molecule has 1 aromatic carbocycles. The lowest BCUT2D eigenvalue weighted by molar-refractivity contribution is 0.0117. The zero-order valence-corrected chi connectivity index (χ0v) is 13.2. The molecule has 1 amide bonds. The fourth-order valence-corrected chi connectivity index (χ4v) is 2.72. The number of nitrogens with one attached hydrogen (secondary N) is 1. The van der Waals surface area contributed by atoms with Crippen LogP contribution in [0.1, 0.15) is 36.2 Å². The second kappa shape index (κ2) is 7.44. The van der Waals surface area contributed by atoms with Gasteiger partial charge in [0, 0.05) is 13.2 Å². The first kappa shape index (κ1) is 16.4. The molecule has 7 heteroatoms. The van der Waals surface area contributed by atoms with Gasteiger partial charge in [-0.1, -0.05) is 0 Å². The molecule has 6 nitrogen and oxygen atoms in total. The minimum atomic E-state index is -0.441. The van der Waals surface area contributed by atoms with E-state index in [9.17, 15) is 14.3 Å². The summed E-state index contributed by atoms with van der Waals surface area (Å²) in [5.41, 5.74) is 0.505. The Labute approximate surface area is 139 Å². The molecular formula is C17H20FN3O3. The van der Waals surface area contributed by atoms with Crippen molar-refractivity contribution in [2.75, 3.05) is 13.2 Å². The zero-order chi connectivity index (χ0) is 16.9. The van der Waals surface area contributed by atoms with E-state index in [1.54, 1.807) is 0 Å². The van der Waals surface area contributed by atoms with E-state index in [1.807, 2.05) is 0 Å². The average Bonchev–Trinajstić information content (AvgIpc) is 2.98. The third-order valence-corrected chi connectivity index (χ3v) is 4.03. The Morgan fingerprint density at radius 1 is 1.38 bits per heavy atom. The first-order valence-corrected chi connectivity index (χ1v) is 8.08. The molecule has 2 aromatic rings. The van der Waals surface area contributed by atoms with Gasteiger partial charge in [-0.15, -0.1) is 0 Å². The fourth-order valence-electron chi connectivity index (χ4n) is 2.72. The minimum Gasteiger partial charge on any atom is -0.504 e. The van der Waals surface area contributed by atoms with Crippen molar-refractivity contribution < 1.29 is 19.0 Å². The Balaban J connectivity index is 1.59. The SMILES string of the molecule is O=C(NCCC1CCCCO1)c1nn(-c2ccc(F)cc2)cc1O. The maximum absolute atomic E-state index is 13.0. The van der Waals surface area contributed by atoms with Crippen molar-refractivity contribution in [2.24, 2.45) is 0 Å². The van der Waals surface area contributed by atoms with Crippen LogP contribution in [0.15, 0.2) is 30.5 Å². The second-order valence-corrected chi connectivity index (χ2v) is 5.82. The largest absolute Gasteiger partial charge is 0.504 e. The van der Waals surface area contributed by atoms with Gasteiger partial charge in [-0.3, -0.25) is 4.79 Å². The van der Waals surface area contributed by atoms with E-state index >= 15 is 0 Å². The van der Waals surface area contributed by atoms with Gasteiger partial charge in [0.1, 0.15) is 5.82 Å². The Hall–Kier alpha value is -2.41. The average molecular weight is 333 g/mol. The van der Waals surface area contributed by atoms with Crippen LogP contribution in [-0.2, 0) is 4.74 Å². The van der Waals surface area contributed by atoms with E-state index in [4.69, 9.17) is 4.74 Å². The van der Waals surface area contributed by atoms with Gasteiger partial charge in [-0.05, 0) is 49.9 Å². The molecule has 0 bridgehead atoms. The third kappa shape index (κ3) is 3.91. The summed E-state index contributed by atoms with van der Waals surface area (Å²) in [7, 11) is 0. The maximum atomic E-state index is 13.0. The summed E-state index contributed by atoms with van der Waals surface area (Å²) >= 11 is 0. The molecule has 24 heavy (non-hydrogen) atoms. The number of hydrogen-bond donors (Lipinski definition) is 2. The summed E-state index contributed by atoms with van der Waals surface area (Å²) in [5, 5.41) is 16.7. The van der Waals surface area contributed by atoms with Gasteiger partial charge in [0.05, 0.1) is 18.0 Å². The number of carbonyl (C=O) groups is 1. The number of nitrogens with zero attached hydrogens (tertiary/aromatic N) is 2. The predicted molar refractivity (Wildman–Crippen MR) is 85.7 cm³/mol. The molecule has 2 heterocycles. The Morgan fingerprint density at radius 2 is 2.17 bits per heavy atom. The Morgan fingerprint density at radius 3 is 2.88 bits per heavy atom. The molecule has 3 rings (SSSR count). The normalized spacial score (nSPS) is 17.6. The van der Waals surface area contributed by atoms with E-state index in [0.29, 0.717) is 12.2 Å². The first-order valence-electron chi connectivity index (χ1n) is 8.08. The highest BCUT2D eigenvalue weighted by Crippen LogP contribution is 2.19. The van der Waals surface area contributed by atoms with Crippen LogP contribution in [0.3, 0.4) is 0 Å². The van der Waals surface area contributed by atoms with Gasteiger partial charge < -0.3 is 15.2 Å². The Kier molecular flexibility index (Phi) is 5.10. The number of benzene rings is 1. The molecule has 1 fully saturated rings. The lowest BCUT2D eigenvalue weighted by Gasteiger charge is -2.22. The lowest BCUT2D eigenvalue weighted by atomic mass is 10.1. The maximum Gasteiger partial charge on any atom is 0.275 e. The quantitative estimate of drug-likeness (QED) is 0.881. The van der Waals surface area contributed by atoms with Crippen molar-refractivity contribution in [1.82, 2.24) is 15.1 Å². The molecule has 0 radical (unpaired) electrons. The molecule has 1 atom stereocenters. The van der Waals surface area contributed by atoms with Crippen LogP contribution in [0.25, 0.3) is 5.69 Å². The van der Waals surface area contributed by atoms with E-state index in [1.165, 1.54) is 35.1 Å². The molecule has 1 unspecified atom stereocenters. The molecule has 1 aliphatic heterocycles. The van der Waals surface area contributed by atoms with Crippen molar-refractivity contribution in [3.63, 3.8) is 0 Å². The van der Waals surface area contributed by atoms with Crippen molar-refractivity contribution in [1.29, 1.82) is 0 Å². The van der Waals surface area contributed by atoms with Gasteiger partial charge >= 0.3 is 0 Å². The summed E-state index contributed by atoms with van der Waals surface area (Å²) in [6.45, 7) is 1.24. The summed E-state index contributed by atoms with van der Waals surface area (Å²) < 4.78 is 19.9. The van der Waals surface area contributed by atoms with Crippen LogP contribution in [0.4, 0.5) is 4.39 Å². The second-order valence-electron chi connectivity index (χ2n) is 5.82. The van der Waals surface area contributed by atoms with E-state index in [2.05, 4.69) is 10.4 Å².